The Hall–Kier alpha value is -2.78. The zero-order valence-corrected chi connectivity index (χ0v) is 19.5. The Morgan fingerprint density at radius 1 is 1.06 bits per heavy atom. The van der Waals surface area contributed by atoms with Gasteiger partial charge in [0.05, 0.1) is 15.8 Å². The van der Waals surface area contributed by atoms with Crippen molar-refractivity contribution in [2.75, 3.05) is 11.9 Å². The fraction of sp³-hybridized carbons (Fsp3) is 0.174. The van der Waals surface area contributed by atoms with E-state index in [1.165, 1.54) is 28.2 Å². The van der Waals surface area contributed by atoms with Crippen LogP contribution in [0.3, 0.4) is 0 Å². The summed E-state index contributed by atoms with van der Waals surface area (Å²) in [6.45, 7) is 2.41. The minimum atomic E-state index is -0.506. The first-order valence-electron chi connectivity index (χ1n) is 9.96. The first kappa shape index (κ1) is 22.4. The number of carbonyl (C=O) groups is 2. The highest BCUT2D eigenvalue weighted by Gasteiger charge is 2.28. The molecule has 5 rings (SSSR count). The van der Waals surface area contributed by atoms with Crippen molar-refractivity contribution in [3.63, 3.8) is 0 Å². The summed E-state index contributed by atoms with van der Waals surface area (Å²) in [6.07, 6.45) is 0.730. The number of para-hydroxylation sites is 1. The Kier molecular flexibility index (Phi) is 6.57. The highest BCUT2D eigenvalue weighted by atomic mass is 35.5. The Balaban J connectivity index is 0.00000245. The molecule has 2 aromatic carbocycles. The molecule has 0 spiro atoms. The van der Waals surface area contributed by atoms with Gasteiger partial charge in [0.1, 0.15) is 5.00 Å². The Labute approximate surface area is 199 Å². The number of nitrogens with one attached hydrogen (secondary N) is 1. The van der Waals surface area contributed by atoms with Crippen molar-refractivity contribution in [1.29, 1.82) is 0 Å². The lowest BCUT2D eigenvalue weighted by Crippen LogP contribution is -2.30. The van der Waals surface area contributed by atoms with Crippen molar-refractivity contribution in [2.24, 2.45) is 5.73 Å². The largest absolute Gasteiger partial charge is 0.365 e. The molecule has 1 aliphatic heterocycles. The molecule has 2 amide bonds. The van der Waals surface area contributed by atoms with Crippen molar-refractivity contribution in [3.05, 3.63) is 81.2 Å². The molecule has 0 saturated carbocycles. The quantitative estimate of drug-likeness (QED) is 0.430. The highest BCUT2D eigenvalue weighted by Crippen LogP contribution is 2.37. The van der Waals surface area contributed by atoms with E-state index in [9.17, 15) is 9.59 Å². The molecule has 4 aromatic rings. The molecule has 1 aliphatic rings. The van der Waals surface area contributed by atoms with E-state index >= 15 is 0 Å². The zero-order valence-electron chi connectivity index (χ0n) is 17.0. The van der Waals surface area contributed by atoms with E-state index in [0.29, 0.717) is 15.6 Å². The van der Waals surface area contributed by atoms with Crippen LogP contribution < -0.4 is 11.1 Å². The van der Waals surface area contributed by atoms with Gasteiger partial charge < -0.3 is 11.1 Å². The number of nitrogens with two attached hydrogens (primary N) is 1. The first-order chi connectivity index (χ1) is 15.1. The Morgan fingerprint density at radius 2 is 1.81 bits per heavy atom. The van der Waals surface area contributed by atoms with Crippen molar-refractivity contribution >= 4 is 62.1 Å². The van der Waals surface area contributed by atoms with Crippen LogP contribution in [-0.4, -0.2) is 28.2 Å². The summed E-state index contributed by atoms with van der Waals surface area (Å²) in [4.78, 5) is 32.9. The maximum atomic E-state index is 12.9. The summed E-state index contributed by atoms with van der Waals surface area (Å²) in [5, 5.41) is 3.79. The minimum absolute atomic E-state index is 0. The fourth-order valence-corrected chi connectivity index (χ4v) is 6.06. The average Bonchev–Trinajstić information content (AvgIpc) is 3.35. The number of benzene rings is 2. The second kappa shape index (κ2) is 9.38. The number of halogens is 1. The standard InChI is InChI=1S/C23H20N4O2S2.ClH/c24-20(28)19-15-10-11-27(12-14-6-2-1-3-7-14)13-18(15)31-22(19)26-21(29)23-25-16-8-4-5-9-17(16)30-23;/h1-9H,10-13H2,(H2,24,28)(H,26,29);1H. The summed E-state index contributed by atoms with van der Waals surface area (Å²) >= 11 is 2.77. The molecule has 2 aromatic heterocycles. The van der Waals surface area contributed by atoms with E-state index in [-0.39, 0.29) is 18.3 Å². The van der Waals surface area contributed by atoms with Crippen LogP contribution in [0, 0.1) is 0 Å². The lowest BCUT2D eigenvalue weighted by Gasteiger charge is -2.27. The van der Waals surface area contributed by atoms with Crippen molar-refractivity contribution in [3.8, 4) is 0 Å². The van der Waals surface area contributed by atoms with Crippen LogP contribution in [0.15, 0.2) is 54.6 Å². The number of thiophene rings is 1. The molecule has 9 heteroatoms. The van der Waals surface area contributed by atoms with Gasteiger partial charge in [-0.1, -0.05) is 42.5 Å². The van der Waals surface area contributed by atoms with Crippen molar-refractivity contribution in [2.45, 2.75) is 19.5 Å². The van der Waals surface area contributed by atoms with Gasteiger partial charge in [-0.15, -0.1) is 35.1 Å². The van der Waals surface area contributed by atoms with Crippen LogP contribution in [0.2, 0.25) is 0 Å². The number of thiazole rings is 1. The van der Waals surface area contributed by atoms with Gasteiger partial charge in [0.2, 0.25) is 0 Å². The zero-order chi connectivity index (χ0) is 21.4. The second-order valence-corrected chi connectivity index (χ2v) is 9.60. The lowest BCUT2D eigenvalue weighted by molar-refractivity contribution is 0.0999. The second-order valence-electron chi connectivity index (χ2n) is 7.46. The smallest absolute Gasteiger partial charge is 0.285 e. The number of hydrogen-bond donors (Lipinski definition) is 2. The van der Waals surface area contributed by atoms with Gasteiger partial charge in [-0.25, -0.2) is 4.98 Å². The van der Waals surface area contributed by atoms with E-state index in [1.807, 2.05) is 42.5 Å². The van der Waals surface area contributed by atoms with E-state index in [1.54, 1.807) is 0 Å². The van der Waals surface area contributed by atoms with Gasteiger partial charge in [-0.3, -0.25) is 14.5 Å². The SMILES string of the molecule is Cl.NC(=O)c1c(NC(=O)c2nc3ccccc3s2)sc2c1CCN(Cc1ccccc1)C2. The molecule has 6 nitrogen and oxygen atoms in total. The summed E-state index contributed by atoms with van der Waals surface area (Å²) in [5.74, 6) is -0.822. The van der Waals surface area contributed by atoms with Crippen LogP contribution in [-0.2, 0) is 19.5 Å². The normalized spacial score (nSPS) is 13.4. The van der Waals surface area contributed by atoms with Crippen LogP contribution in [0.5, 0.6) is 0 Å². The molecule has 0 atom stereocenters. The maximum Gasteiger partial charge on any atom is 0.285 e. The molecule has 0 bridgehead atoms. The molecule has 0 unspecified atom stereocenters. The highest BCUT2D eigenvalue weighted by molar-refractivity contribution is 7.20. The number of primary amides is 1. The van der Waals surface area contributed by atoms with Crippen molar-refractivity contribution in [1.82, 2.24) is 9.88 Å². The van der Waals surface area contributed by atoms with E-state index in [2.05, 4.69) is 27.3 Å². The van der Waals surface area contributed by atoms with Gasteiger partial charge in [0, 0.05) is 24.5 Å². The average molecular weight is 485 g/mol. The van der Waals surface area contributed by atoms with Crippen LogP contribution in [0.4, 0.5) is 5.00 Å². The third kappa shape index (κ3) is 4.40. The molecule has 0 saturated heterocycles. The number of hydrogen-bond acceptors (Lipinski definition) is 6. The third-order valence-electron chi connectivity index (χ3n) is 5.35. The molecule has 164 valence electrons. The first-order valence-corrected chi connectivity index (χ1v) is 11.6. The number of anilines is 1. The molecule has 0 aliphatic carbocycles. The Morgan fingerprint density at radius 3 is 2.56 bits per heavy atom. The monoisotopic (exact) mass is 484 g/mol. The Bertz CT molecular complexity index is 1250. The number of aromatic nitrogens is 1. The number of carbonyl (C=O) groups excluding carboxylic acids is 2. The van der Waals surface area contributed by atoms with Gasteiger partial charge in [0.15, 0.2) is 5.01 Å². The molecular formula is C23H21ClN4O2S2. The van der Waals surface area contributed by atoms with Gasteiger partial charge >= 0.3 is 0 Å². The lowest BCUT2D eigenvalue weighted by atomic mass is 10.0. The topological polar surface area (TPSA) is 88.3 Å². The van der Waals surface area contributed by atoms with E-state index in [0.717, 1.165) is 46.7 Å². The molecule has 0 radical (unpaired) electrons. The maximum absolute atomic E-state index is 12.9. The number of fused-ring (bicyclic) bond motifs is 2. The van der Waals surface area contributed by atoms with Gasteiger partial charge in [0.25, 0.3) is 11.8 Å². The summed E-state index contributed by atoms with van der Waals surface area (Å²) in [7, 11) is 0. The minimum Gasteiger partial charge on any atom is -0.365 e. The molecule has 3 heterocycles. The molecule has 3 N–H and O–H groups in total. The molecule has 0 fully saturated rings. The summed E-state index contributed by atoms with van der Waals surface area (Å²) in [5.41, 5.74) is 9.14. The third-order valence-corrected chi connectivity index (χ3v) is 7.51. The van der Waals surface area contributed by atoms with Crippen LogP contribution in [0.25, 0.3) is 10.2 Å². The van der Waals surface area contributed by atoms with E-state index < -0.39 is 5.91 Å². The number of amides is 2. The van der Waals surface area contributed by atoms with Gasteiger partial charge in [-0.05, 0) is 29.7 Å². The predicted octanol–water partition coefficient (Wildman–Crippen LogP) is 4.69. The van der Waals surface area contributed by atoms with Gasteiger partial charge in [-0.2, -0.15) is 0 Å². The predicted molar refractivity (Wildman–Crippen MR) is 132 cm³/mol. The molecular weight excluding hydrogens is 464 g/mol. The number of nitrogens with zero attached hydrogens (tertiary/aromatic N) is 2. The number of rotatable bonds is 5. The summed E-state index contributed by atoms with van der Waals surface area (Å²) < 4.78 is 0.949. The fourth-order valence-electron chi connectivity index (χ4n) is 3.91. The van der Waals surface area contributed by atoms with Crippen molar-refractivity contribution < 1.29 is 9.59 Å². The molecule has 32 heavy (non-hydrogen) atoms. The van der Waals surface area contributed by atoms with E-state index in [4.69, 9.17) is 5.73 Å². The van der Waals surface area contributed by atoms with Crippen LogP contribution in [0.1, 0.15) is 36.2 Å². The van der Waals surface area contributed by atoms with Crippen LogP contribution >= 0.6 is 35.1 Å². The summed E-state index contributed by atoms with van der Waals surface area (Å²) in [6, 6.07) is 17.9.